The van der Waals surface area contributed by atoms with Gasteiger partial charge >= 0.3 is 0 Å². The van der Waals surface area contributed by atoms with Gasteiger partial charge in [-0.15, -0.1) is 0 Å². The van der Waals surface area contributed by atoms with Crippen molar-refractivity contribution in [2.75, 3.05) is 5.73 Å². The Kier molecular flexibility index (Phi) is 3.92. The molecule has 0 aliphatic rings. The van der Waals surface area contributed by atoms with Gasteiger partial charge < -0.3 is 10.5 Å². The van der Waals surface area contributed by atoms with Crippen molar-refractivity contribution in [1.82, 2.24) is 0 Å². The average molecular weight is 313 g/mol. The van der Waals surface area contributed by atoms with Crippen molar-refractivity contribution in [3.05, 3.63) is 57.5 Å². The summed E-state index contributed by atoms with van der Waals surface area (Å²) in [6.07, 6.45) is 0. The third-order valence-corrected chi connectivity index (χ3v) is 3.37. The lowest BCUT2D eigenvalue weighted by molar-refractivity contribution is 0.305. The van der Waals surface area contributed by atoms with Crippen molar-refractivity contribution < 1.29 is 4.74 Å². The molecule has 0 spiro atoms. The molecule has 0 amide bonds. The highest BCUT2D eigenvalue weighted by Crippen LogP contribution is 2.27. The van der Waals surface area contributed by atoms with Crippen LogP contribution in [0.4, 0.5) is 5.69 Å². The molecule has 0 fully saturated rings. The van der Waals surface area contributed by atoms with Gasteiger partial charge in [0.2, 0.25) is 0 Å². The first-order valence-electron chi connectivity index (χ1n) is 5.08. The number of anilines is 1. The molecule has 0 atom stereocenters. The summed E-state index contributed by atoms with van der Waals surface area (Å²) in [7, 11) is 0. The first-order chi connectivity index (χ1) is 8.16. The maximum absolute atomic E-state index is 6.02. The molecular formula is C13H11BrClNO. The third kappa shape index (κ3) is 3.14. The normalized spacial score (nSPS) is 10.2. The lowest BCUT2D eigenvalue weighted by Gasteiger charge is -2.09. The van der Waals surface area contributed by atoms with Crippen LogP contribution < -0.4 is 10.5 Å². The fraction of sp³-hybridized carbons (Fsp3) is 0.0769. The average Bonchev–Trinajstić information content (AvgIpc) is 2.30. The highest BCUT2D eigenvalue weighted by atomic mass is 79.9. The molecule has 17 heavy (non-hydrogen) atoms. The van der Waals surface area contributed by atoms with Gasteiger partial charge in [-0.25, -0.2) is 0 Å². The molecule has 0 aromatic heterocycles. The van der Waals surface area contributed by atoms with E-state index in [1.54, 1.807) is 18.2 Å². The van der Waals surface area contributed by atoms with Crippen LogP contribution in [-0.2, 0) is 6.61 Å². The van der Waals surface area contributed by atoms with Crippen LogP contribution in [0.1, 0.15) is 5.56 Å². The Morgan fingerprint density at radius 3 is 2.65 bits per heavy atom. The number of halogens is 2. The lowest BCUT2D eigenvalue weighted by atomic mass is 10.2. The molecule has 2 aromatic rings. The number of benzene rings is 2. The summed E-state index contributed by atoms with van der Waals surface area (Å²) in [4.78, 5) is 0. The molecule has 0 unspecified atom stereocenters. The van der Waals surface area contributed by atoms with Gasteiger partial charge in [-0.1, -0.05) is 45.7 Å². The van der Waals surface area contributed by atoms with E-state index in [1.807, 2.05) is 24.3 Å². The summed E-state index contributed by atoms with van der Waals surface area (Å²) in [5.41, 5.74) is 7.31. The Bertz CT molecular complexity index is 531. The second-order valence-corrected chi connectivity index (χ2v) is 4.83. The minimum Gasteiger partial charge on any atom is -0.487 e. The van der Waals surface area contributed by atoms with Crippen LogP contribution in [0.3, 0.4) is 0 Å². The van der Waals surface area contributed by atoms with Gasteiger partial charge in [0, 0.05) is 15.7 Å². The van der Waals surface area contributed by atoms with E-state index >= 15 is 0 Å². The number of ether oxygens (including phenoxy) is 1. The lowest BCUT2D eigenvalue weighted by Crippen LogP contribution is -1.97. The molecule has 88 valence electrons. The number of rotatable bonds is 3. The Morgan fingerprint density at radius 2 is 1.94 bits per heavy atom. The summed E-state index contributed by atoms with van der Waals surface area (Å²) in [5, 5.41) is 0.525. The number of hydrogen-bond donors (Lipinski definition) is 1. The third-order valence-electron chi connectivity index (χ3n) is 2.30. The van der Waals surface area contributed by atoms with Gasteiger partial charge in [-0.3, -0.25) is 0 Å². The molecule has 2 rings (SSSR count). The quantitative estimate of drug-likeness (QED) is 0.859. The molecule has 0 radical (unpaired) electrons. The van der Waals surface area contributed by atoms with Crippen molar-refractivity contribution in [2.45, 2.75) is 6.61 Å². The van der Waals surface area contributed by atoms with Gasteiger partial charge in [-0.2, -0.15) is 0 Å². The number of nitrogens with two attached hydrogens (primary N) is 1. The van der Waals surface area contributed by atoms with E-state index < -0.39 is 0 Å². The van der Waals surface area contributed by atoms with Crippen molar-refractivity contribution in [3.63, 3.8) is 0 Å². The molecule has 0 bridgehead atoms. The summed E-state index contributed by atoms with van der Waals surface area (Å²) < 4.78 is 6.66. The van der Waals surface area contributed by atoms with Crippen molar-refractivity contribution >= 4 is 33.2 Å². The Morgan fingerprint density at radius 1 is 1.18 bits per heavy atom. The van der Waals surface area contributed by atoms with Gasteiger partial charge in [0.1, 0.15) is 12.4 Å². The van der Waals surface area contributed by atoms with Crippen LogP contribution >= 0.6 is 27.5 Å². The zero-order valence-electron chi connectivity index (χ0n) is 8.99. The maximum atomic E-state index is 6.02. The fourth-order valence-electron chi connectivity index (χ4n) is 1.41. The van der Waals surface area contributed by atoms with E-state index in [2.05, 4.69) is 15.9 Å². The minimum atomic E-state index is 0.463. The van der Waals surface area contributed by atoms with E-state index in [9.17, 15) is 0 Å². The molecule has 2 aromatic carbocycles. The second-order valence-electron chi connectivity index (χ2n) is 3.57. The zero-order chi connectivity index (χ0) is 12.3. The number of hydrogen-bond acceptors (Lipinski definition) is 2. The van der Waals surface area contributed by atoms with Crippen molar-refractivity contribution in [1.29, 1.82) is 0 Å². The fourth-order valence-corrected chi connectivity index (χ4v) is 2.05. The summed E-state index contributed by atoms with van der Waals surface area (Å²) in [5.74, 6) is 0.636. The first kappa shape index (κ1) is 12.3. The maximum Gasteiger partial charge on any atom is 0.138 e. The molecule has 0 aliphatic carbocycles. The van der Waals surface area contributed by atoms with E-state index in [-0.39, 0.29) is 0 Å². The molecular weight excluding hydrogens is 302 g/mol. The Balaban J connectivity index is 2.10. The zero-order valence-corrected chi connectivity index (χ0v) is 11.3. The molecule has 0 aliphatic heterocycles. The summed E-state index contributed by atoms with van der Waals surface area (Å²) >= 11 is 9.49. The molecule has 4 heteroatoms. The smallest absolute Gasteiger partial charge is 0.138 e. The predicted molar refractivity (Wildman–Crippen MR) is 74.3 cm³/mol. The van der Waals surface area contributed by atoms with Crippen molar-refractivity contribution in [2.24, 2.45) is 0 Å². The summed E-state index contributed by atoms with van der Waals surface area (Å²) in [6.45, 7) is 0.463. The van der Waals surface area contributed by atoms with Gasteiger partial charge in [-0.05, 0) is 24.3 Å². The molecule has 2 nitrogen and oxygen atoms in total. The second kappa shape index (κ2) is 5.43. The molecule has 0 saturated carbocycles. The van der Waals surface area contributed by atoms with Gasteiger partial charge in [0.25, 0.3) is 0 Å². The minimum absolute atomic E-state index is 0.463. The van der Waals surface area contributed by atoms with E-state index in [1.165, 1.54) is 0 Å². The van der Waals surface area contributed by atoms with Crippen LogP contribution in [0.5, 0.6) is 5.75 Å². The Labute approximate surface area is 113 Å². The van der Waals surface area contributed by atoms with Gasteiger partial charge in [0.05, 0.1) is 5.02 Å². The SMILES string of the molecule is Nc1ccc(OCc2ccccc2Br)c(Cl)c1. The topological polar surface area (TPSA) is 35.2 Å². The largest absolute Gasteiger partial charge is 0.487 e. The highest BCUT2D eigenvalue weighted by molar-refractivity contribution is 9.10. The summed E-state index contributed by atoms with van der Waals surface area (Å²) in [6, 6.07) is 13.1. The van der Waals surface area contributed by atoms with E-state index in [0.29, 0.717) is 23.1 Å². The van der Waals surface area contributed by atoms with Crippen LogP contribution in [-0.4, -0.2) is 0 Å². The monoisotopic (exact) mass is 311 g/mol. The highest BCUT2D eigenvalue weighted by Gasteiger charge is 2.04. The molecule has 0 heterocycles. The van der Waals surface area contributed by atoms with E-state index in [0.717, 1.165) is 10.0 Å². The first-order valence-corrected chi connectivity index (χ1v) is 6.25. The molecule has 2 N–H and O–H groups in total. The van der Waals surface area contributed by atoms with Crippen LogP contribution in [0, 0.1) is 0 Å². The van der Waals surface area contributed by atoms with Crippen LogP contribution in [0.2, 0.25) is 5.02 Å². The van der Waals surface area contributed by atoms with Crippen LogP contribution in [0.15, 0.2) is 46.9 Å². The van der Waals surface area contributed by atoms with E-state index in [4.69, 9.17) is 22.1 Å². The van der Waals surface area contributed by atoms with Gasteiger partial charge in [0.15, 0.2) is 0 Å². The molecule has 0 saturated heterocycles. The Hall–Kier alpha value is -1.19. The van der Waals surface area contributed by atoms with Crippen molar-refractivity contribution in [3.8, 4) is 5.75 Å². The predicted octanol–water partition coefficient (Wildman–Crippen LogP) is 4.26. The number of nitrogen functional groups attached to an aromatic ring is 1. The standard InChI is InChI=1S/C13H11BrClNO/c14-11-4-2-1-3-9(11)8-17-13-6-5-10(16)7-12(13)15/h1-7H,8,16H2. The van der Waals surface area contributed by atoms with Crippen LogP contribution in [0.25, 0.3) is 0 Å².